The number of allylic oxidation sites excluding steroid dienone is 4. The minimum atomic E-state index is -2.99. The number of amides is 1. The number of hydrogen-bond donors (Lipinski definition) is 2. The third-order valence-corrected chi connectivity index (χ3v) is 7.15. The van der Waals surface area contributed by atoms with Gasteiger partial charge in [-0.25, -0.2) is 8.78 Å². The van der Waals surface area contributed by atoms with Gasteiger partial charge in [0.25, 0.3) is 5.92 Å². The summed E-state index contributed by atoms with van der Waals surface area (Å²) in [5.41, 5.74) is 1.89. The number of aryl methyl sites for hydroxylation is 1. The number of halogens is 2. The van der Waals surface area contributed by atoms with E-state index in [2.05, 4.69) is 59.0 Å². The SMILES string of the molecule is C=C/C=C\C(C)=C\C(CCCCN(CC)CCCNCc1cccn1C)(C(=O)NCC(C)(F)F)c1ccccc1.C=O. The molecule has 8 heteroatoms. The number of nitrogens with zero attached hydrogens (tertiary/aromatic N) is 2. The van der Waals surface area contributed by atoms with Gasteiger partial charge in [0.2, 0.25) is 5.91 Å². The zero-order valence-electron chi connectivity index (χ0n) is 25.9. The van der Waals surface area contributed by atoms with Gasteiger partial charge in [-0.15, -0.1) is 0 Å². The molecule has 232 valence electrons. The molecule has 1 amide bonds. The highest BCUT2D eigenvalue weighted by atomic mass is 19.3. The fourth-order valence-corrected chi connectivity index (χ4v) is 4.89. The minimum absolute atomic E-state index is 0.400. The fraction of sp³-hybridized carbons (Fsp3) is 0.471. The lowest BCUT2D eigenvalue weighted by atomic mass is 9.74. The van der Waals surface area contributed by atoms with Gasteiger partial charge < -0.3 is 24.9 Å². The number of alkyl halides is 2. The van der Waals surface area contributed by atoms with Crippen molar-refractivity contribution in [3.63, 3.8) is 0 Å². The molecule has 0 saturated carbocycles. The number of rotatable bonds is 19. The Labute approximate surface area is 251 Å². The Morgan fingerprint density at radius 2 is 1.76 bits per heavy atom. The number of carbonyl (C=O) groups is 2. The summed E-state index contributed by atoms with van der Waals surface area (Å²) in [6.45, 7) is 14.6. The monoisotopic (exact) mass is 584 g/mol. The Balaban J connectivity index is 0.00000431. The van der Waals surface area contributed by atoms with Gasteiger partial charge in [-0.3, -0.25) is 4.79 Å². The molecule has 0 aliphatic carbocycles. The van der Waals surface area contributed by atoms with E-state index in [1.54, 1.807) is 6.08 Å². The summed E-state index contributed by atoms with van der Waals surface area (Å²) in [5.74, 6) is -3.39. The van der Waals surface area contributed by atoms with Crippen LogP contribution in [-0.4, -0.2) is 60.8 Å². The van der Waals surface area contributed by atoms with Gasteiger partial charge in [-0.05, 0) is 70.1 Å². The summed E-state index contributed by atoms with van der Waals surface area (Å²) >= 11 is 0. The molecule has 0 radical (unpaired) electrons. The molecule has 0 spiro atoms. The maximum Gasteiger partial charge on any atom is 0.262 e. The van der Waals surface area contributed by atoms with Crippen LogP contribution in [0.15, 0.2) is 85.1 Å². The minimum Gasteiger partial charge on any atom is -0.353 e. The van der Waals surface area contributed by atoms with Crippen molar-refractivity contribution in [3.8, 4) is 0 Å². The molecule has 0 aliphatic heterocycles. The van der Waals surface area contributed by atoms with E-state index in [0.717, 1.165) is 70.0 Å². The predicted molar refractivity (Wildman–Crippen MR) is 170 cm³/mol. The average Bonchev–Trinajstić information content (AvgIpc) is 3.40. The topological polar surface area (TPSA) is 66.4 Å². The van der Waals surface area contributed by atoms with Crippen molar-refractivity contribution < 1.29 is 18.4 Å². The number of unbranched alkanes of at least 4 members (excludes halogenated alkanes) is 1. The summed E-state index contributed by atoms with van der Waals surface area (Å²) in [6.07, 6.45) is 12.6. The van der Waals surface area contributed by atoms with E-state index in [0.29, 0.717) is 6.42 Å². The fourth-order valence-electron chi connectivity index (χ4n) is 4.89. The smallest absolute Gasteiger partial charge is 0.262 e. The summed E-state index contributed by atoms with van der Waals surface area (Å²) in [6, 6.07) is 13.7. The first-order valence-electron chi connectivity index (χ1n) is 14.6. The quantitative estimate of drug-likeness (QED) is 0.152. The molecule has 1 atom stereocenters. The van der Waals surface area contributed by atoms with Gasteiger partial charge in [0.05, 0.1) is 12.0 Å². The molecule has 2 N–H and O–H groups in total. The summed E-state index contributed by atoms with van der Waals surface area (Å²) < 4.78 is 29.6. The number of hydrogen-bond acceptors (Lipinski definition) is 4. The first kappa shape index (κ1) is 36.7. The zero-order chi connectivity index (χ0) is 31.4. The van der Waals surface area contributed by atoms with Crippen LogP contribution >= 0.6 is 0 Å². The van der Waals surface area contributed by atoms with Crippen molar-refractivity contribution >= 4 is 12.7 Å². The Hall–Kier alpha value is -3.36. The Morgan fingerprint density at radius 1 is 1.07 bits per heavy atom. The summed E-state index contributed by atoms with van der Waals surface area (Å²) in [7, 11) is 2.06. The lowest BCUT2D eigenvalue weighted by molar-refractivity contribution is -0.127. The Morgan fingerprint density at radius 3 is 2.36 bits per heavy atom. The molecular formula is C34H50F2N4O2. The van der Waals surface area contributed by atoms with Crippen LogP contribution in [-0.2, 0) is 28.6 Å². The molecule has 2 aromatic rings. The maximum atomic E-state index is 13.7. The maximum absolute atomic E-state index is 13.7. The van der Waals surface area contributed by atoms with Crippen LogP contribution in [0.3, 0.4) is 0 Å². The van der Waals surface area contributed by atoms with Gasteiger partial charge in [-0.1, -0.05) is 80.1 Å². The predicted octanol–water partition coefficient (Wildman–Crippen LogP) is 6.21. The number of nitrogens with one attached hydrogen (secondary N) is 2. The van der Waals surface area contributed by atoms with Crippen LogP contribution in [0.1, 0.15) is 57.7 Å². The van der Waals surface area contributed by atoms with Gasteiger partial charge in [-0.2, -0.15) is 0 Å². The Kier molecular flexibility index (Phi) is 17.2. The van der Waals surface area contributed by atoms with Crippen LogP contribution in [0.5, 0.6) is 0 Å². The zero-order valence-corrected chi connectivity index (χ0v) is 25.9. The van der Waals surface area contributed by atoms with Crippen molar-refractivity contribution in [2.75, 3.05) is 32.7 Å². The Bertz CT molecular complexity index is 1110. The molecule has 1 aromatic carbocycles. The second-order valence-corrected chi connectivity index (χ2v) is 10.6. The van der Waals surface area contributed by atoms with Crippen LogP contribution in [0.4, 0.5) is 8.78 Å². The number of carbonyl (C=O) groups excluding carboxylic acids is 2. The van der Waals surface area contributed by atoms with E-state index in [4.69, 9.17) is 4.79 Å². The normalized spacial score (nSPS) is 13.5. The average molecular weight is 585 g/mol. The van der Waals surface area contributed by atoms with E-state index in [9.17, 15) is 13.6 Å². The van der Waals surface area contributed by atoms with Crippen LogP contribution < -0.4 is 10.6 Å². The van der Waals surface area contributed by atoms with Gasteiger partial charge in [0.15, 0.2) is 0 Å². The lowest BCUT2D eigenvalue weighted by Gasteiger charge is -2.32. The van der Waals surface area contributed by atoms with Crippen molar-refractivity contribution in [1.82, 2.24) is 20.1 Å². The molecule has 6 nitrogen and oxygen atoms in total. The summed E-state index contributed by atoms with van der Waals surface area (Å²) in [5, 5.41) is 6.06. The van der Waals surface area contributed by atoms with E-state index in [1.807, 2.05) is 62.3 Å². The van der Waals surface area contributed by atoms with Gasteiger partial charge >= 0.3 is 0 Å². The third kappa shape index (κ3) is 13.1. The molecule has 2 rings (SSSR count). The van der Waals surface area contributed by atoms with Crippen molar-refractivity contribution in [2.45, 2.75) is 64.3 Å². The molecular weight excluding hydrogens is 534 g/mol. The number of aromatic nitrogens is 1. The highest BCUT2D eigenvalue weighted by Crippen LogP contribution is 2.34. The van der Waals surface area contributed by atoms with Gasteiger partial charge in [0, 0.05) is 32.4 Å². The van der Waals surface area contributed by atoms with Crippen molar-refractivity contribution in [2.24, 2.45) is 7.05 Å². The molecule has 1 aromatic heterocycles. The van der Waals surface area contributed by atoms with Crippen molar-refractivity contribution in [3.05, 3.63) is 96.4 Å². The molecule has 1 heterocycles. The standard InChI is InChI=1S/C33H48F2N4O.CH2O/c1-6-8-16-28(3)25-33(29-17-10-9-11-18-29,31(40)37-27-32(4,34)35)20-12-13-23-39(7-2)24-15-21-36-26-30-19-14-22-38(30)5;1-2/h6,8-11,14,16-19,22,25,36H,1,7,12-13,15,20-21,23-24,26-27H2,2-5H3,(H,37,40);1H2/b16-8-,28-25+;. The molecule has 0 aliphatic rings. The van der Waals surface area contributed by atoms with Gasteiger partial charge in [0.1, 0.15) is 6.79 Å². The third-order valence-electron chi connectivity index (χ3n) is 7.15. The van der Waals surface area contributed by atoms with Crippen molar-refractivity contribution in [1.29, 1.82) is 0 Å². The molecule has 0 bridgehead atoms. The van der Waals surface area contributed by atoms with Crippen LogP contribution in [0, 0.1) is 0 Å². The van der Waals surface area contributed by atoms with E-state index < -0.39 is 23.8 Å². The lowest BCUT2D eigenvalue weighted by Crippen LogP contribution is -2.46. The van der Waals surface area contributed by atoms with E-state index in [-0.39, 0.29) is 0 Å². The molecule has 0 fully saturated rings. The van der Waals surface area contributed by atoms with Crippen LogP contribution in [0.25, 0.3) is 0 Å². The molecule has 1 unspecified atom stereocenters. The first-order chi connectivity index (χ1) is 20.1. The highest BCUT2D eigenvalue weighted by Gasteiger charge is 2.38. The number of benzene rings is 1. The van der Waals surface area contributed by atoms with Crippen LogP contribution in [0.2, 0.25) is 0 Å². The highest BCUT2D eigenvalue weighted by molar-refractivity contribution is 5.90. The largest absolute Gasteiger partial charge is 0.353 e. The second-order valence-electron chi connectivity index (χ2n) is 10.6. The molecule has 0 saturated heterocycles. The second kappa shape index (κ2) is 19.7. The van der Waals surface area contributed by atoms with E-state index in [1.165, 1.54) is 5.69 Å². The molecule has 42 heavy (non-hydrogen) atoms. The van der Waals surface area contributed by atoms with E-state index >= 15 is 0 Å². The first-order valence-corrected chi connectivity index (χ1v) is 14.6. The summed E-state index contributed by atoms with van der Waals surface area (Å²) in [4.78, 5) is 24.1.